The zero-order valence-electron chi connectivity index (χ0n) is 15.5. The molecule has 2 rings (SSSR count). The summed E-state index contributed by atoms with van der Waals surface area (Å²) in [6.45, 7) is 11.3. The van der Waals surface area contributed by atoms with Crippen molar-refractivity contribution in [1.29, 1.82) is 0 Å². The second-order valence-electron chi connectivity index (χ2n) is 7.11. The van der Waals surface area contributed by atoms with Gasteiger partial charge >= 0.3 is 0 Å². The molecule has 1 aliphatic heterocycles. The number of guanidine groups is 1. The van der Waals surface area contributed by atoms with Crippen LogP contribution in [0.5, 0.6) is 0 Å². The normalized spacial score (nSPS) is 22.4. The Morgan fingerprint density at radius 3 is 2.75 bits per heavy atom. The first-order valence-electron chi connectivity index (χ1n) is 9.54. The number of aliphatic imine (C=N–C) groups is 1. The van der Waals surface area contributed by atoms with Crippen molar-refractivity contribution in [2.24, 2.45) is 16.8 Å². The third-order valence-corrected chi connectivity index (χ3v) is 6.38. The van der Waals surface area contributed by atoms with Gasteiger partial charge < -0.3 is 15.5 Å². The first-order valence-corrected chi connectivity index (χ1v) is 10.6. The van der Waals surface area contributed by atoms with Crippen LogP contribution in [0.2, 0.25) is 0 Å². The number of hydrogen-bond donors (Lipinski definition) is 2. The number of carbonyl (C=O) groups is 1. The lowest BCUT2D eigenvalue weighted by Crippen LogP contribution is -2.49. The highest BCUT2D eigenvalue weighted by Crippen LogP contribution is 2.26. The SMILES string of the molecule is CCNC(=NCCCNC(=O)C1CCC1)N1CCSC(C(C)C)C1. The highest BCUT2D eigenvalue weighted by molar-refractivity contribution is 8.00. The smallest absolute Gasteiger partial charge is 0.223 e. The minimum atomic E-state index is 0.241. The molecule has 0 radical (unpaired) electrons. The molecular formula is C18H34N4OS. The largest absolute Gasteiger partial charge is 0.357 e. The van der Waals surface area contributed by atoms with E-state index in [0.29, 0.717) is 11.2 Å². The molecule has 6 heteroatoms. The van der Waals surface area contributed by atoms with E-state index in [-0.39, 0.29) is 11.8 Å². The molecule has 0 aromatic carbocycles. The molecular weight excluding hydrogens is 320 g/mol. The number of nitrogens with zero attached hydrogens (tertiary/aromatic N) is 2. The van der Waals surface area contributed by atoms with Crippen molar-refractivity contribution in [3.05, 3.63) is 0 Å². The summed E-state index contributed by atoms with van der Waals surface area (Å²) >= 11 is 2.08. The maximum atomic E-state index is 11.8. The number of hydrogen-bond acceptors (Lipinski definition) is 3. The van der Waals surface area contributed by atoms with Gasteiger partial charge in [0, 0.05) is 49.6 Å². The number of thioether (sulfide) groups is 1. The summed E-state index contributed by atoms with van der Waals surface area (Å²) in [5.41, 5.74) is 0. The number of amides is 1. The predicted octanol–water partition coefficient (Wildman–Crippen LogP) is 2.33. The van der Waals surface area contributed by atoms with Crippen molar-refractivity contribution in [3.63, 3.8) is 0 Å². The Kier molecular flexibility index (Phi) is 8.22. The van der Waals surface area contributed by atoms with E-state index in [2.05, 4.69) is 48.1 Å². The van der Waals surface area contributed by atoms with Crippen LogP contribution >= 0.6 is 11.8 Å². The molecule has 0 aromatic rings. The number of nitrogens with one attached hydrogen (secondary N) is 2. The van der Waals surface area contributed by atoms with Crippen molar-refractivity contribution in [2.45, 2.75) is 51.7 Å². The van der Waals surface area contributed by atoms with Crippen LogP contribution in [0.1, 0.15) is 46.5 Å². The van der Waals surface area contributed by atoms with Crippen molar-refractivity contribution < 1.29 is 4.79 Å². The standard InChI is InChI=1S/C18H34N4OS/c1-4-19-18(22-11-12-24-16(13-22)14(2)3)21-10-6-9-20-17(23)15-7-5-8-15/h14-16H,4-13H2,1-3H3,(H,19,21)(H,20,23). The Morgan fingerprint density at radius 2 is 2.12 bits per heavy atom. The van der Waals surface area contributed by atoms with E-state index in [1.54, 1.807) is 0 Å². The Hall–Kier alpha value is -0.910. The molecule has 2 fully saturated rings. The molecule has 1 saturated carbocycles. The topological polar surface area (TPSA) is 56.7 Å². The molecule has 1 unspecified atom stereocenters. The zero-order valence-corrected chi connectivity index (χ0v) is 16.3. The van der Waals surface area contributed by atoms with Gasteiger partial charge in [-0.15, -0.1) is 0 Å². The van der Waals surface area contributed by atoms with Crippen LogP contribution in [0.15, 0.2) is 4.99 Å². The summed E-state index contributed by atoms with van der Waals surface area (Å²) in [4.78, 5) is 19.0. The van der Waals surface area contributed by atoms with E-state index < -0.39 is 0 Å². The minimum Gasteiger partial charge on any atom is -0.357 e. The van der Waals surface area contributed by atoms with Crippen molar-refractivity contribution in [1.82, 2.24) is 15.5 Å². The second-order valence-corrected chi connectivity index (χ2v) is 8.45. The molecule has 1 amide bonds. The molecule has 1 atom stereocenters. The molecule has 0 spiro atoms. The van der Waals surface area contributed by atoms with E-state index >= 15 is 0 Å². The van der Waals surface area contributed by atoms with Gasteiger partial charge in [-0.25, -0.2) is 0 Å². The molecule has 0 aromatic heterocycles. The molecule has 1 heterocycles. The van der Waals surface area contributed by atoms with Crippen LogP contribution in [0.3, 0.4) is 0 Å². The van der Waals surface area contributed by atoms with Crippen LogP contribution in [-0.2, 0) is 4.79 Å². The van der Waals surface area contributed by atoms with E-state index in [1.807, 2.05) is 0 Å². The predicted molar refractivity (Wildman–Crippen MR) is 104 cm³/mol. The molecule has 138 valence electrons. The fraction of sp³-hybridized carbons (Fsp3) is 0.889. The average Bonchev–Trinajstić information content (AvgIpc) is 2.52. The molecule has 1 aliphatic carbocycles. The van der Waals surface area contributed by atoms with Crippen LogP contribution in [0, 0.1) is 11.8 Å². The fourth-order valence-electron chi connectivity index (χ4n) is 2.99. The monoisotopic (exact) mass is 354 g/mol. The maximum Gasteiger partial charge on any atom is 0.223 e. The zero-order chi connectivity index (χ0) is 17.4. The number of rotatable bonds is 7. The summed E-state index contributed by atoms with van der Waals surface area (Å²) in [7, 11) is 0. The molecule has 2 aliphatic rings. The highest BCUT2D eigenvalue weighted by atomic mass is 32.2. The molecule has 2 N–H and O–H groups in total. The third kappa shape index (κ3) is 5.87. The van der Waals surface area contributed by atoms with Gasteiger partial charge in [-0.2, -0.15) is 11.8 Å². The van der Waals surface area contributed by atoms with Crippen molar-refractivity contribution in [2.75, 3.05) is 38.5 Å². The quantitative estimate of drug-likeness (QED) is 0.419. The first kappa shape index (κ1) is 19.4. The van der Waals surface area contributed by atoms with Gasteiger partial charge in [0.15, 0.2) is 5.96 Å². The van der Waals surface area contributed by atoms with Gasteiger partial charge in [0.2, 0.25) is 5.91 Å². The first-order chi connectivity index (χ1) is 11.6. The number of carbonyl (C=O) groups excluding carboxylic acids is 1. The van der Waals surface area contributed by atoms with Crippen LogP contribution in [0.4, 0.5) is 0 Å². The second kappa shape index (κ2) is 10.2. The summed E-state index contributed by atoms with van der Waals surface area (Å²) in [6, 6.07) is 0. The molecule has 24 heavy (non-hydrogen) atoms. The van der Waals surface area contributed by atoms with E-state index in [4.69, 9.17) is 4.99 Å². The average molecular weight is 355 g/mol. The van der Waals surface area contributed by atoms with Gasteiger partial charge in [-0.05, 0) is 32.1 Å². The third-order valence-electron chi connectivity index (χ3n) is 4.84. The Morgan fingerprint density at radius 1 is 1.33 bits per heavy atom. The minimum absolute atomic E-state index is 0.241. The summed E-state index contributed by atoms with van der Waals surface area (Å²) in [5.74, 6) is 3.43. The fourth-order valence-corrected chi connectivity index (χ4v) is 4.29. The lowest BCUT2D eigenvalue weighted by Gasteiger charge is -2.36. The maximum absolute atomic E-state index is 11.8. The van der Waals surface area contributed by atoms with E-state index in [0.717, 1.165) is 57.9 Å². The summed E-state index contributed by atoms with van der Waals surface area (Å²) < 4.78 is 0. The van der Waals surface area contributed by atoms with Gasteiger partial charge in [0.1, 0.15) is 0 Å². The van der Waals surface area contributed by atoms with Crippen molar-refractivity contribution >= 4 is 23.6 Å². The summed E-state index contributed by atoms with van der Waals surface area (Å²) in [6.07, 6.45) is 4.25. The molecule has 1 saturated heterocycles. The van der Waals surface area contributed by atoms with E-state index in [9.17, 15) is 4.79 Å². The Labute approximate surface area is 151 Å². The van der Waals surface area contributed by atoms with E-state index in [1.165, 1.54) is 12.2 Å². The molecule has 5 nitrogen and oxygen atoms in total. The van der Waals surface area contributed by atoms with Gasteiger partial charge in [-0.3, -0.25) is 9.79 Å². The highest BCUT2D eigenvalue weighted by Gasteiger charge is 2.25. The lowest BCUT2D eigenvalue weighted by molar-refractivity contribution is -0.127. The van der Waals surface area contributed by atoms with Crippen LogP contribution in [-0.4, -0.2) is 60.5 Å². The van der Waals surface area contributed by atoms with Crippen molar-refractivity contribution in [3.8, 4) is 0 Å². The van der Waals surface area contributed by atoms with Crippen LogP contribution < -0.4 is 10.6 Å². The van der Waals surface area contributed by atoms with Gasteiger partial charge in [0.05, 0.1) is 0 Å². The van der Waals surface area contributed by atoms with Gasteiger partial charge in [0.25, 0.3) is 0 Å². The molecule has 0 bridgehead atoms. The Bertz CT molecular complexity index is 423. The van der Waals surface area contributed by atoms with Gasteiger partial charge in [-0.1, -0.05) is 20.3 Å². The summed E-state index contributed by atoms with van der Waals surface area (Å²) in [5, 5.41) is 7.16. The van der Waals surface area contributed by atoms with Crippen LogP contribution in [0.25, 0.3) is 0 Å². The lowest BCUT2D eigenvalue weighted by atomic mass is 9.85. The Balaban J connectivity index is 1.74.